The number of carbonyl (C=O) groups excluding carboxylic acids is 1. The van der Waals surface area contributed by atoms with Gasteiger partial charge in [0, 0.05) is 40.5 Å². The van der Waals surface area contributed by atoms with E-state index in [2.05, 4.69) is 9.88 Å². The maximum atomic E-state index is 14.0. The molecule has 1 N–H and O–H groups in total. The van der Waals surface area contributed by atoms with Gasteiger partial charge in [0.2, 0.25) is 0 Å². The predicted octanol–water partition coefficient (Wildman–Crippen LogP) is 4.40. The van der Waals surface area contributed by atoms with E-state index < -0.39 is 15.9 Å². The number of likely N-dealkylation sites (N-methyl/N-ethyl adjacent to an activating group) is 1. The number of hydrogen-bond donors (Lipinski definition) is 1. The summed E-state index contributed by atoms with van der Waals surface area (Å²) >= 11 is 0. The van der Waals surface area contributed by atoms with Crippen molar-refractivity contribution in [2.45, 2.75) is 38.9 Å². The molecule has 5 rings (SSSR count). The number of carbonyl (C=O) groups is 1. The standard InChI is InChI=1S/C27H30N4O3S/c1-18-24(19(2)31(29-18)21-13-14-35(33,34)17-21)16-30(3)26(20-9-5-4-6-10-20)27(32)23-15-28-25-12-8-7-11-22(23)25/h4-12,15,21,26,28H,13-14,16-17H2,1-3H3. The Morgan fingerprint density at radius 3 is 2.57 bits per heavy atom. The molecule has 0 amide bonds. The van der Waals surface area contributed by atoms with E-state index in [-0.39, 0.29) is 23.3 Å². The number of nitrogens with one attached hydrogen (secondary N) is 1. The third-order valence-corrected chi connectivity index (χ3v) is 8.85. The molecule has 1 fully saturated rings. The quantitative estimate of drug-likeness (QED) is 0.388. The lowest BCUT2D eigenvalue weighted by atomic mass is 9.95. The maximum Gasteiger partial charge on any atom is 0.186 e. The number of aromatic nitrogens is 3. The first-order valence-corrected chi connectivity index (χ1v) is 13.7. The van der Waals surface area contributed by atoms with E-state index in [1.54, 1.807) is 6.20 Å². The van der Waals surface area contributed by atoms with Gasteiger partial charge >= 0.3 is 0 Å². The lowest BCUT2D eigenvalue weighted by Gasteiger charge is -2.27. The fourth-order valence-electron chi connectivity index (χ4n) is 5.25. The zero-order valence-corrected chi connectivity index (χ0v) is 21.0. The van der Waals surface area contributed by atoms with Crippen LogP contribution in [0.3, 0.4) is 0 Å². The molecule has 2 atom stereocenters. The van der Waals surface area contributed by atoms with Crippen LogP contribution >= 0.6 is 0 Å². The number of sulfone groups is 1. The van der Waals surface area contributed by atoms with E-state index in [0.29, 0.717) is 18.5 Å². The average Bonchev–Trinajstić information content (AvgIpc) is 3.51. The first-order chi connectivity index (χ1) is 16.7. The third-order valence-electron chi connectivity index (χ3n) is 7.10. The Kier molecular flexibility index (Phi) is 6.11. The van der Waals surface area contributed by atoms with Gasteiger partial charge in [-0.05, 0) is 38.9 Å². The molecule has 2 aromatic carbocycles. The molecule has 2 aromatic heterocycles. The zero-order chi connectivity index (χ0) is 24.7. The van der Waals surface area contributed by atoms with E-state index >= 15 is 0 Å². The first kappa shape index (κ1) is 23.5. The van der Waals surface area contributed by atoms with Crippen LogP contribution in [0.25, 0.3) is 10.9 Å². The summed E-state index contributed by atoms with van der Waals surface area (Å²) in [6.07, 6.45) is 2.39. The highest BCUT2D eigenvalue weighted by molar-refractivity contribution is 7.91. The molecule has 8 heteroatoms. The maximum absolute atomic E-state index is 14.0. The highest BCUT2D eigenvalue weighted by Gasteiger charge is 2.33. The summed E-state index contributed by atoms with van der Waals surface area (Å²) in [6.45, 7) is 4.47. The van der Waals surface area contributed by atoms with Gasteiger partial charge in [-0.25, -0.2) is 8.42 Å². The van der Waals surface area contributed by atoms with Crippen LogP contribution in [0.1, 0.15) is 51.4 Å². The van der Waals surface area contributed by atoms with Gasteiger partial charge in [0.25, 0.3) is 0 Å². The fourth-order valence-corrected chi connectivity index (χ4v) is 6.95. The van der Waals surface area contributed by atoms with Crippen molar-refractivity contribution < 1.29 is 13.2 Å². The van der Waals surface area contributed by atoms with Crippen molar-refractivity contribution >= 4 is 26.5 Å². The number of H-pyrrole nitrogens is 1. The Morgan fingerprint density at radius 1 is 1.14 bits per heavy atom. The Bertz CT molecular complexity index is 1490. The molecule has 2 unspecified atom stereocenters. The number of Topliss-reactive ketones (excluding diaryl/α,β-unsaturated/α-hetero) is 1. The highest BCUT2D eigenvalue weighted by Crippen LogP contribution is 2.31. The average molecular weight is 491 g/mol. The molecule has 0 saturated carbocycles. The summed E-state index contributed by atoms with van der Waals surface area (Å²) in [5.41, 5.74) is 5.39. The minimum atomic E-state index is -3.01. The van der Waals surface area contributed by atoms with E-state index in [4.69, 9.17) is 5.10 Å². The number of nitrogens with zero attached hydrogens (tertiary/aromatic N) is 3. The number of hydrogen-bond acceptors (Lipinski definition) is 5. The Hall–Kier alpha value is -3.23. The van der Waals surface area contributed by atoms with Gasteiger partial charge in [0.1, 0.15) is 0 Å². The highest BCUT2D eigenvalue weighted by atomic mass is 32.2. The van der Waals surface area contributed by atoms with E-state index in [0.717, 1.165) is 33.4 Å². The molecule has 0 bridgehead atoms. The van der Waals surface area contributed by atoms with Crippen molar-refractivity contribution in [1.82, 2.24) is 19.7 Å². The molecular formula is C27H30N4O3S. The van der Waals surface area contributed by atoms with Crippen molar-refractivity contribution in [3.05, 3.63) is 88.9 Å². The molecule has 0 radical (unpaired) electrons. The number of para-hydroxylation sites is 1. The van der Waals surface area contributed by atoms with Crippen molar-refractivity contribution in [2.75, 3.05) is 18.6 Å². The van der Waals surface area contributed by atoms with Crippen LogP contribution in [-0.2, 0) is 16.4 Å². The van der Waals surface area contributed by atoms with Crippen LogP contribution in [0.2, 0.25) is 0 Å². The molecule has 182 valence electrons. The monoisotopic (exact) mass is 490 g/mol. The van der Waals surface area contributed by atoms with Crippen LogP contribution in [0, 0.1) is 13.8 Å². The second kappa shape index (κ2) is 9.09. The van der Waals surface area contributed by atoms with Crippen LogP contribution in [0.5, 0.6) is 0 Å². The molecule has 7 nitrogen and oxygen atoms in total. The summed E-state index contributed by atoms with van der Waals surface area (Å²) < 4.78 is 25.9. The number of ketones is 1. The summed E-state index contributed by atoms with van der Waals surface area (Å²) in [5.74, 6) is 0.372. The Balaban J connectivity index is 1.49. The first-order valence-electron chi connectivity index (χ1n) is 11.9. The lowest BCUT2D eigenvalue weighted by molar-refractivity contribution is 0.0844. The SMILES string of the molecule is Cc1nn(C2CCS(=O)(=O)C2)c(C)c1CN(C)C(C(=O)c1c[nH]c2ccccc12)c1ccccc1. The number of rotatable bonds is 7. The Labute approximate surface area is 205 Å². The van der Waals surface area contributed by atoms with Crippen molar-refractivity contribution in [1.29, 1.82) is 0 Å². The summed E-state index contributed by atoms with van der Waals surface area (Å²) in [4.78, 5) is 19.2. The number of fused-ring (bicyclic) bond motifs is 1. The summed E-state index contributed by atoms with van der Waals surface area (Å²) in [5, 5.41) is 5.63. The summed E-state index contributed by atoms with van der Waals surface area (Å²) in [6, 6.07) is 17.0. The fraction of sp³-hybridized carbons (Fsp3) is 0.333. The second-order valence-electron chi connectivity index (χ2n) is 9.49. The predicted molar refractivity (Wildman–Crippen MR) is 137 cm³/mol. The molecule has 0 spiro atoms. The van der Waals surface area contributed by atoms with Crippen LogP contribution in [0.4, 0.5) is 0 Å². The van der Waals surface area contributed by atoms with Gasteiger partial charge in [-0.1, -0.05) is 48.5 Å². The van der Waals surface area contributed by atoms with Crippen LogP contribution in [-0.4, -0.2) is 52.4 Å². The number of aromatic amines is 1. The Morgan fingerprint density at radius 2 is 1.86 bits per heavy atom. The molecule has 1 aliphatic rings. The molecule has 1 saturated heterocycles. The minimum Gasteiger partial charge on any atom is -0.360 e. The van der Waals surface area contributed by atoms with Gasteiger partial charge in [-0.2, -0.15) is 5.10 Å². The van der Waals surface area contributed by atoms with Crippen molar-refractivity contribution in [2.24, 2.45) is 0 Å². The van der Waals surface area contributed by atoms with Crippen LogP contribution in [0.15, 0.2) is 60.8 Å². The minimum absolute atomic E-state index is 0.0285. The summed E-state index contributed by atoms with van der Waals surface area (Å²) in [7, 11) is -1.05. The smallest absolute Gasteiger partial charge is 0.186 e. The van der Waals surface area contributed by atoms with Gasteiger partial charge in [0.15, 0.2) is 15.6 Å². The molecular weight excluding hydrogens is 460 g/mol. The van der Waals surface area contributed by atoms with E-state index in [1.807, 2.05) is 80.2 Å². The lowest BCUT2D eigenvalue weighted by Crippen LogP contribution is -2.31. The van der Waals surface area contributed by atoms with Gasteiger partial charge in [0.05, 0.1) is 29.3 Å². The molecule has 3 heterocycles. The van der Waals surface area contributed by atoms with Crippen LogP contribution < -0.4 is 0 Å². The van der Waals surface area contributed by atoms with Gasteiger partial charge in [-0.15, -0.1) is 0 Å². The molecule has 1 aliphatic heterocycles. The van der Waals surface area contributed by atoms with Gasteiger partial charge in [-0.3, -0.25) is 14.4 Å². The molecule has 35 heavy (non-hydrogen) atoms. The van der Waals surface area contributed by atoms with E-state index in [9.17, 15) is 13.2 Å². The second-order valence-corrected chi connectivity index (χ2v) is 11.7. The molecule has 4 aromatic rings. The zero-order valence-electron chi connectivity index (χ0n) is 20.2. The van der Waals surface area contributed by atoms with Gasteiger partial charge < -0.3 is 4.98 Å². The van der Waals surface area contributed by atoms with E-state index in [1.165, 1.54) is 0 Å². The van der Waals surface area contributed by atoms with Crippen molar-refractivity contribution in [3.8, 4) is 0 Å². The number of benzene rings is 2. The third kappa shape index (κ3) is 4.44. The largest absolute Gasteiger partial charge is 0.360 e. The molecule has 0 aliphatic carbocycles. The normalized spacial score (nSPS) is 18.3. The van der Waals surface area contributed by atoms with Crippen molar-refractivity contribution in [3.63, 3.8) is 0 Å². The number of aryl methyl sites for hydroxylation is 1. The topological polar surface area (TPSA) is 88.1 Å².